The van der Waals surface area contributed by atoms with Gasteiger partial charge in [-0.05, 0) is 75.1 Å². The first-order valence-corrected chi connectivity index (χ1v) is 9.21. The van der Waals surface area contributed by atoms with Crippen molar-refractivity contribution in [2.75, 3.05) is 0 Å². The Labute approximate surface area is 157 Å². The van der Waals surface area contributed by atoms with Crippen LogP contribution in [-0.4, -0.2) is 5.97 Å². The van der Waals surface area contributed by atoms with Gasteiger partial charge in [0.1, 0.15) is 18.2 Å². The van der Waals surface area contributed by atoms with Gasteiger partial charge in [0.25, 0.3) is 0 Å². The third-order valence-corrected chi connectivity index (χ3v) is 5.58. The highest BCUT2D eigenvalue weighted by molar-refractivity contribution is 9.28. The summed E-state index contributed by atoms with van der Waals surface area (Å²) in [5, 5.41) is 0. The van der Waals surface area contributed by atoms with Crippen LogP contribution in [0.4, 0.5) is 8.78 Å². The predicted molar refractivity (Wildman–Crippen MR) is 97.1 cm³/mol. The molecule has 0 unspecified atom stereocenters. The summed E-state index contributed by atoms with van der Waals surface area (Å²) in [7, 11) is 0. The molecule has 1 aromatic rings. The molecular formula is C18H20Br2F2O2. The van der Waals surface area contributed by atoms with E-state index in [0.29, 0.717) is 16.7 Å². The molecule has 0 saturated heterocycles. The summed E-state index contributed by atoms with van der Waals surface area (Å²) >= 11 is 6.61. The zero-order valence-corrected chi connectivity index (χ0v) is 17.4. The zero-order chi connectivity index (χ0) is 18.4. The SMILES string of the molecule is Cc1c(F)c(C)c(COC(=O)[C@@H]2[C@H](C=C(Br)Br)C2(C)C)c(C)c1F. The maximum atomic E-state index is 14.1. The van der Waals surface area contributed by atoms with Crippen molar-refractivity contribution >= 4 is 37.8 Å². The van der Waals surface area contributed by atoms with E-state index >= 15 is 0 Å². The fourth-order valence-corrected chi connectivity index (χ4v) is 3.80. The van der Waals surface area contributed by atoms with Crippen molar-refractivity contribution in [3.8, 4) is 0 Å². The monoisotopic (exact) mass is 464 g/mol. The van der Waals surface area contributed by atoms with Crippen LogP contribution in [0.5, 0.6) is 0 Å². The second-order valence-corrected chi connectivity index (χ2v) is 9.64. The molecule has 2 atom stereocenters. The summed E-state index contributed by atoms with van der Waals surface area (Å²) in [6.45, 7) is 8.42. The van der Waals surface area contributed by atoms with Gasteiger partial charge in [-0.1, -0.05) is 19.9 Å². The van der Waals surface area contributed by atoms with E-state index in [9.17, 15) is 13.6 Å². The molecule has 1 aliphatic rings. The van der Waals surface area contributed by atoms with Crippen molar-refractivity contribution < 1.29 is 18.3 Å². The van der Waals surface area contributed by atoms with Crippen LogP contribution in [0, 0.1) is 49.7 Å². The van der Waals surface area contributed by atoms with Crippen LogP contribution >= 0.6 is 31.9 Å². The highest BCUT2D eigenvalue weighted by atomic mass is 79.9. The maximum Gasteiger partial charge on any atom is 0.310 e. The van der Waals surface area contributed by atoms with E-state index in [4.69, 9.17) is 4.74 Å². The van der Waals surface area contributed by atoms with E-state index in [1.807, 2.05) is 19.9 Å². The molecule has 0 heterocycles. The minimum atomic E-state index is -0.583. The summed E-state index contributed by atoms with van der Waals surface area (Å²) in [5.41, 5.74) is 0.854. The average Bonchev–Trinajstić information content (AvgIpc) is 3.02. The Hall–Kier alpha value is -0.750. The molecule has 0 aromatic heterocycles. The summed E-state index contributed by atoms with van der Waals surface area (Å²) in [6.07, 6.45) is 1.92. The third-order valence-electron chi connectivity index (χ3n) is 5.05. The van der Waals surface area contributed by atoms with Gasteiger partial charge < -0.3 is 4.74 Å². The number of hydrogen-bond donors (Lipinski definition) is 0. The summed E-state index contributed by atoms with van der Waals surface area (Å²) in [4.78, 5) is 12.4. The first-order chi connectivity index (χ1) is 11.0. The Balaban J connectivity index is 2.16. The molecule has 0 aliphatic heterocycles. The molecule has 0 bridgehead atoms. The minimum absolute atomic E-state index is 0.00391. The first-order valence-electron chi connectivity index (χ1n) is 7.63. The fraction of sp³-hybridized carbons (Fsp3) is 0.500. The fourth-order valence-electron chi connectivity index (χ4n) is 3.23. The maximum absolute atomic E-state index is 14.1. The van der Waals surface area contributed by atoms with Crippen LogP contribution in [0.25, 0.3) is 0 Å². The number of hydrogen-bond acceptors (Lipinski definition) is 2. The van der Waals surface area contributed by atoms with Gasteiger partial charge in [0.05, 0.1) is 9.31 Å². The second-order valence-electron chi connectivity index (χ2n) is 6.87. The van der Waals surface area contributed by atoms with Crippen LogP contribution in [0.15, 0.2) is 9.47 Å². The molecule has 2 rings (SSSR count). The number of carbonyl (C=O) groups excluding carboxylic acids is 1. The molecule has 0 amide bonds. The number of carbonyl (C=O) groups is 1. The number of rotatable bonds is 4. The quantitative estimate of drug-likeness (QED) is 0.522. The number of allylic oxidation sites excluding steroid dienone is 1. The molecule has 6 heteroatoms. The number of ether oxygens (including phenoxy) is 1. The largest absolute Gasteiger partial charge is 0.461 e. The van der Waals surface area contributed by atoms with E-state index in [-0.39, 0.29) is 35.4 Å². The van der Waals surface area contributed by atoms with Crippen LogP contribution in [-0.2, 0) is 16.1 Å². The number of esters is 1. The van der Waals surface area contributed by atoms with Gasteiger partial charge in [-0.2, -0.15) is 0 Å². The second kappa shape index (κ2) is 6.87. The lowest BCUT2D eigenvalue weighted by Gasteiger charge is -2.15. The Morgan fingerprint density at radius 1 is 1.12 bits per heavy atom. The average molecular weight is 466 g/mol. The standard InChI is InChI=1S/C18H20Br2F2O2/c1-8-11(9(2)16(22)10(3)15(8)21)7-24-17(23)14-12(6-13(19)20)18(14,4)5/h6,12,14H,7H2,1-5H3/t12-,14-/m0/s1. The van der Waals surface area contributed by atoms with Crippen molar-refractivity contribution in [1.82, 2.24) is 0 Å². The first kappa shape index (κ1) is 19.6. The smallest absolute Gasteiger partial charge is 0.310 e. The Kier molecular flexibility index (Phi) is 5.60. The van der Waals surface area contributed by atoms with Crippen molar-refractivity contribution in [1.29, 1.82) is 0 Å². The van der Waals surface area contributed by atoms with Crippen molar-refractivity contribution in [2.45, 2.75) is 41.2 Å². The van der Waals surface area contributed by atoms with Crippen LogP contribution in [0.3, 0.4) is 0 Å². The molecule has 1 fully saturated rings. The molecule has 0 radical (unpaired) electrons. The molecule has 24 heavy (non-hydrogen) atoms. The van der Waals surface area contributed by atoms with E-state index in [1.165, 1.54) is 6.92 Å². The van der Waals surface area contributed by atoms with Crippen molar-refractivity contribution in [3.63, 3.8) is 0 Å². The number of benzene rings is 1. The Morgan fingerprint density at radius 3 is 2.08 bits per heavy atom. The number of halogens is 4. The van der Waals surface area contributed by atoms with Gasteiger partial charge in [0, 0.05) is 11.1 Å². The van der Waals surface area contributed by atoms with Gasteiger partial charge in [-0.15, -0.1) is 0 Å². The molecule has 1 aliphatic carbocycles. The third kappa shape index (κ3) is 3.45. The van der Waals surface area contributed by atoms with Gasteiger partial charge >= 0.3 is 5.97 Å². The normalized spacial score (nSPS) is 21.4. The van der Waals surface area contributed by atoms with E-state index in [1.54, 1.807) is 13.8 Å². The van der Waals surface area contributed by atoms with Gasteiger partial charge in [0.15, 0.2) is 0 Å². The van der Waals surface area contributed by atoms with Crippen molar-refractivity contribution in [2.24, 2.45) is 17.3 Å². The lowest BCUT2D eigenvalue weighted by molar-refractivity contribution is -0.147. The lowest BCUT2D eigenvalue weighted by atomic mass is 9.98. The molecule has 1 aromatic carbocycles. The van der Waals surface area contributed by atoms with Gasteiger partial charge in [-0.3, -0.25) is 4.79 Å². The molecule has 2 nitrogen and oxygen atoms in total. The Morgan fingerprint density at radius 2 is 1.62 bits per heavy atom. The highest BCUT2D eigenvalue weighted by Gasteiger charge is 2.61. The molecular weight excluding hydrogens is 446 g/mol. The van der Waals surface area contributed by atoms with Crippen LogP contribution in [0.1, 0.15) is 36.1 Å². The molecule has 1 saturated carbocycles. The van der Waals surface area contributed by atoms with Crippen molar-refractivity contribution in [3.05, 3.63) is 43.4 Å². The lowest BCUT2D eigenvalue weighted by Crippen LogP contribution is -2.13. The van der Waals surface area contributed by atoms with Crippen LogP contribution < -0.4 is 0 Å². The van der Waals surface area contributed by atoms with E-state index in [2.05, 4.69) is 31.9 Å². The summed E-state index contributed by atoms with van der Waals surface area (Å²) in [5.74, 6) is -1.71. The van der Waals surface area contributed by atoms with Crippen LogP contribution in [0.2, 0.25) is 0 Å². The molecule has 132 valence electrons. The van der Waals surface area contributed by atoms with E-state index < -0.39 is 11.6 Å². The molecule has 0 N–H and O–H groups in total. The Bertz CT molecular complexity index is 693. The van der Waals surface area contributed by atoms with E-state index in [0.717, 1.165) is 3.39 Å². The van der Waals surface area contributed by atoms with Gasteiger partial charge in [-0.25, -0.2) is 8.78 Å². The zero-order valence-electron chi connectivity index (χ0n) is 14.3. The summed E-state index contributed by atoms with van der Waals surface area (Å²) in [6, 6.07) is 0. The topological polar surface area (TPSA) is 26.3 Å². The summed E-state index contributed by atoms with van der Waals surface area (Å²) < 4.78 is 34.3. The minimum Gasteiger partial charge on any atom is -0.461 e. The van der Waals surface area contributed by atoms with Gasteiger partial charge in [0.2, 0.25) is 0 Å². The predicted octanol–water partition coefficient (Wildman–Crippen LogP) is 5.84. The molecule has 0 spiro atoms. The highest BCUT2D eigenvalue weighted by Crippen LogP contribution is 2.60.